The summed E-state index contributed by atoms with van der Waals surface area (Å²) in [5.74, 6) is 0.0400. The van der Waals surface area contributed by atoms with Crippen molar-refractivity contribution in [3.8, 4) is 0 Å². The van der Waals surface area contributed by atoms with Crippen molar-refractivity contribution in [3.05, 3.63) is 70.0 Å². The van der Waals surface area contributed by atoms with Crippen molar-refractivity contribution >= 4 is 17.6 Å². The molecule has 1 aliphatic carbocycles. The molecular weight excluding hydrogens is 415 g/mol. The van der Waals surface area contributed by atoms with E-state index < -0.39 is 0 Å². The number of nitrogens with zero attached hydrogens (tertiary/aromatic N) is 3. The monoisotopic (exact) mass is 442 g/mol. The van der Waals surface area contributed by atoms with E-state index >= 15 is 0 Å². The molecule has 2 aromatic rings. The number of carbonyl (C=O) groups excluding carboxylic acids is 1. The maximum absolute atomic E-state index is 13.5. The van der Waals surface area contributed by atoms with Gasteiger partial charge in [-0.15, -0.1) is 0 Å². The van der Waals surface area contributed by atoms with Crippen LogP contribution in [0.25, 0.3) is 0 Å². The summed E-state index contributed by atoms with van der Waals surface area (Å²) in [7, 11) is 0. The number of hydrogen-bond donors (Lipinski definition) is 1. The van der Waals surface area contributed by atoms with Crippen LogP contribution in [0.1, 0.15) is 35.1 Å². The van der Waals surface area contributed by atoms with Gasteiger partial charge >= 0.3 is 6.03 Å². The Balaban J connectivity index is 1.25. The molecule has 0 saturated carbocycles. The van der Waals surface area contributed by atoms with Crippen LogP contribution >= 0.6 is 11.6 Å². The van der Waals surface area contributed by atoms with Gasteiger partial charge in [0.1, 0.15) is 5.82 Å². The minimum atomic E-state index is -0.202. The lowest BCUT2D eigenvalue weighted by Gasteiger charge is -2.39. The van der Waals surface area contributed by atoms with Crippen LogP contribution in [0.4, 0.5) is 9.18 Å². The summed E-state index contributed by atoms with van der Waals surface area (Å²) in [5, 5.41) is 3.62. The van der Waals surface area contributed by atoms with E-state index in [0.717, 1.165) is 69.4 Å². The van der Waals surface area contributed by atoms with E-state index in [2.05, 4.69) is 27.2 Å². The summed E-state index contributed by atoms with van der Waals surface area (Å²) < 4.78 is 13.5. The normalized spacial score (nSPS) is 24.5. The number of rotatable bonds is 5. The summed E-state index contributed by atoms with van der Waals surface area (Å²) >= 11 is 6.34. The molecule has 1 N–H and O–H groups in total. The van der Waals surface area contributed by atoms with Crippen LogP contribution in [0, 0.1) is 5.82 Å². The fraction of sp³-hybridized carbons (Fsp3) is 0.458. The SMILES string of the molecule is O=C1NCCN1CCN1CCN([C@H]2C[C@H](c3ccc(F)cc3)c3cc(Cl)ccc32)CC1. The van der Waals surface area contributed by atoms with Gasteiger partial charge in [-0.25, -0.2) is 9.18 Å². The maximum Gasteiger partial charge on any atom is 0.317 e. The molecule has 0 aromatic heterocycles. The van der Waals surface area contributed by atoms with E-state index in [4.69, 9.17) is 11.6 Å². The van der Waals surface area contributed by atoms with Crippen molar-refractivity contribution in [2.24, 2.45) is 0 Å². The molecule has 0 radical (unpaired) electrons. The number of nitrogens with one attached hydrogen (secondary N) is 1. The number of amides is 2. The fourth-order valence-corrected chi connectivity index (χ4v) is 5.45. The largest absolute Gasteiger partial charge is 0.336 e. The lowest BCUT2D eigenvalue weighted by molar-refractivity contribution is 0.0905. The predicted molar refractivity (Wildman–Crippen MR) is 120 cm³/mol. The van der Waals surface area contributed by atoms with Gasteiger partial charge in [0, 0.05) is 69.3 Å². The van der Waals surface area contributed by atoms with Crippen LogP contribution in [0.2, 0.25) is 5.02 Å². The van der Waals surface area contributed by atoms with Crippen LogP contribution in [-0.4, -0.2) is 73.1 Å². The minimum Gasteiger partial charge on any atom is -0.336 e. The molecule has 164 valence electrons. The Morgan fingerprint density at radius 2 is 1.74 bits per heavy atom. The number of fused-ring (bicyclic) bond motifs is 1. The van der Waals surface area contributed by atoms with Crippen molar-refractivity contribution < 1.29 is 9.18 Å². The Hall–Kier alpha value is -2.15. The quantitative estimate of drug-likeness (QED) is 0.767. The zero-order valence-corrected chi connectivity index (χ0v) is 18.3. The smallest absolute Gasteiger partial charge is 0.317 e. The third kappa shape index (κ3) is 4.29. The second-order valence-electron chi connectivity index (χ2n) is 8.73. The first-order valence-electron chi connectivity index (χ1n) is 11.1. The van der Waals surface area contributed by atoms with Crippen LogP contribution in [0.15, 0.2) is 42.5 Å². The Morgan fingerprint density at radius 1 is 0.968 bits per heavy atom. The van der Waals surface area contributed by atoms with E-state index in [1.807, 2.05) is 23.1 Å². The highest BCUT2D eigenvalue weighted by atomic mass is 35.5. The van der Waals surface area contributed by atoms with Crippen molar-refractivity contribution in [2.45, 2.75) is 18.4 Å². The van der Waals surface area contributed by atoms with Crippen LogP contribution in [0.3, 0.4) is 0 Å². The molecule has 2 aromatic carbocycles. The summed E-state index contributed by atoms with van der Waals surface area (Å²) in [6.07, 6.45) is 0.995. The highest BCUT2D eigenvalue weighted by molar-refractivity contribution is 6.30. The number of hydrogen-bond acceptors (Lipinski definition) is 3. The molecule has 2 atom stereocenters. The van der Waals surface area contributed by atoms with E-state index in [9.17, 15) is 9.18 Å². The molecule has 2 saturated heterocycles. The molecule has 2 fully saturated rings. The predicted octanol–water partition coefficient (Wildman–Crippen LogP) is 3.70. The molecule has 2 heterocycles. The molecule has 0 unspecified atom stereocenters. The van der Waals surface area contributed by atoms with Gasteiger partial charge in [-0.1, -0.05) is 29.8 Å². The molecule has 5 rings (SSSR count). The molecule has 7 heteroatoms. The number of urea groups is 1. The number of halogens is 2. The molecule has 2 aliphatic heterocycles. The maximum atomic E-state index is 13.5. The fourth-order valence-electron chi connectivity index (χ4n) is 5.27. The van der Waals surface area contributed by atoms with E-state index in [-0.39, 0.29) is 17.8 Å². The highest BCUT2D eigenvalue weighted by Crippen LogP contribution is 2.47. The standard InChI is InChI=1S/C24H28ClFN4O/c25-18-3-6-20-22(15-18)21(17-1-4-19(26)5-2-17)16-23(20)29-12-9-28(10-13-29)11-14-30-8-7-27-24(30)31/h1-6,15,21,23H,7-14,16H2,(H,27,31)/t21-,23+/m1/s1. The van der Waals surface area contributed by atoms with E-state index in [1.165, 1.54) is 11.1 Å². The zero-order chi connectivity index (χ0) is 21.4. The van der Waals surface area contributed by atoms with E-state index in [1.54, 1.807) is 12.1 Å². The molecule has 5 nitrogen and oxygen atoms in total. The average Bonchev–Trinajstić information content (AvgIpc) is 3.36. The molecule has 0 spiro atoms. The summed E-state index contributed by atoms with van der Waals surface area (Å²) in [5.41, 5.74) is 3.77. The number of carbonyl (C=O) groups is 1. The summed E-state index contributed by atoms with van der Waals surface area (Å²) in [6, 6.07) is 13.6. The first-order valence-corrected chi connectivity index (χ1v) is 11.5. The summed E-state index contributed by atoms with van der Waals surface area (Å²) in [4.78, 5) is 18.7. The second-order valence-corrected chi connectivity index (χ2v) is 9.16. The van der Waals surface area contributed by atoms with Crippen molar-refractivity contribution in [3.63, 3.8) is 0 Å². The number of benzene rings is 2. The second kappa shape index (κ2) is 8.77. The molecule has 2 amide bonds. The topological polar surface area (TPSA) is 38.8 Å². The molecular formula is C24H28ClFN4O. The van der Waals surface area contributed by atoms with Gasteiger partial charge in [0.25, 0.3) is 0 Å². The molecule has 31 heavy (non-hydrogen) atoms. The lowest BCUT2D eigenvalue weighted by atomic mass is 9.93. The van der Waals surface area contributed by atoms with Gasteiger partial charge in [0.2, 0.25) is 0 Å². The van der Waals surface area contributed by atoms with Crippen LogP contribution in [0.5, 0.6) is 0 Å². The van der Waals surface area contributed by atoms with Gasteiger partial charge < -0.3 is 10.2 Å². The average molecular weight is 443 g/mol. The first-order chi connectivity index (χ1) is 15.1. The minimum absolute atomic E-state index is 0.0618. The Labute approximate surface area is 187 Å². The third-order valence-electron chi connectivity index (χ3n) is 6.99. The highest BCUT2D eigenvalue weighted by Gasteiger charge is 2.36. The first kappa shape index (κ1) is 20.7. The number of piperazine rings is 1. The Bertz CT molecular complexity index is 945. The zero-order valence-electron chi connectivity index (χ0n) is 17.6. The Kier molecular flexibility index (Phi) is 5.87. The van der Waals surface area contributed by atoms with Crippen LogP contribution < -0.4 is 5.32 Å². The van der Waals surface area contributed by atoms with Gasteiger partial charge in [-0.05, 0) is 47.4 Å². The van der Waals surface area contributed by atoms with Gasteiger partial charge in [0.05, 0.1) is 0 Å². The molecule has 3 aliphatic rings. The third-order valence-corrected chi connectivity index (χ3v) is 7.23. The Morgan fingerprint density at radius 3 is 2.45 bits per heavy atom. The molecule has 0 bridgehead atoms. The van der Waals surface area contributed by atoms with Crippen molar-refractivity contribution in [1.82, 2.24) is 20.0 Å². The van der Waals surface area contributed by atoms with Crippen molar-refractivity contribution in [2.75, 3.05) is 52.4 Å². The van der Waals surface area contributed by atoms with Crippen LogP contribution in [-0.2, 0) is 0 Å². The van der Waals surface area contributed by atoms with Gasteiger partial charge in [0.15, 0.2) is 0 Å². The van der Waals surface area contributed by atoms with Crippen molar-refractivity contribution in [1.29, 1.82) is 0 Å². The lowest BCUT2D eigenvalue weighted by Crippen LogP contribution is -2.49. The van der Waals surface area contributed by atoms with Gasteiger partial charge in [-0.3, -0.25) is 9.80 Å². The summed E-state index contributed by atoms with van der Waals surface area (Å²) in [6.45, 7) is 7.33. The van der Waals surface area contributed by atoms with Gasteiger partial charge in [-0.2, -0.15) is 0 Å². The van der Waals surface area contributed by atoms with E-state index in [0.29, 0.717) is 6.04 Å².